The van der Waals surface area contributed by atoms with Gasteiger partial charge in [0.05, 0.1) is 31.0 Å². The van der Waals surface area contributed by atoms with Crippen LogP contribution in [-0.4, -0.2) is 50.2 Å². The summed E-state index contributed by atoms with van der Waals surface area (Å²) >= 11 is 0. The molecular weight excluding hydrogens is 482 g/mol. The first-order valence-electron chi connectivity index (χ1n) is 12.6. The molecule has 0 aliphatic carbocycles. The maximum Gasteiger partial charge on any atom is 0.326 e. The minimum atomic E-state index is -1.04. The number of para-hydroxylation sites is 2. The Balaban J connectivity index is 1.28. The quantitative estimate of drug-likeness (QED) is 0.424. The second kappa shape index (κ2) is 10.0. The molecule has 0 spiro atoms. The Morgan fingerprint density at radius 1 is 0.921 bits per heavy atom. The predicted molar refractivity (Wildman–Crippen MR) is 139 cm³/mol. The van der Waals surface area contributed by atoms with Crippen molar-refractivity contribution in [2.75, 3.05) is 6.61 Å². The second-order valence-electron chi connectivity index (χ2n) is 9.57. The van der Waals surface area contributed by atoms with Crippen molar-refractivity contribution in [1.82, 2.24) is 14.5 Å². The number of aliphatic carboxylic acids is 1. The third-order valence-electron chi connectivity index (χ3n) is 7.16. The highest BCUT2D eigenvalue weighted by molar-refractivity contribution is 5.91. The van der Waals surface area contributed by atoms with Gasteiger partial charge in [0, 0.05) is 12.1 Å². The molecule has 38 heavy (non-hydrogen) atoms. The number of amides is 1. The zero-order chi connectivity index (χ0) is 26.1. The Labute approximate surface area is 220 Å². The Morgan fingerprint density at radius 3 is 2.21 bits per heavy atom. The van der Waals surface area contributed by atoms with Crippen LogP contribution >= 0.6 is 0 Å². The van der Waals surface area contributed by atoms with Crippen LogP contribution < -0.4 is 9.47 Å². The highest BCUT2D eigenvalue weighted by Gasteiger charge is 2.40. The fourth-order valence-corrected chi connectivity index (χ4v) is 5.30. The number of hydrogen-bond donors (Lipinski definition) is 1. The molecule has 3 heterocycles. The molecule has 0 radical (unpaired) electrons. The smallest absolute Gasteiger partial charge is 0.326 e. The summed E-state index contributed by atoms with van der Waals surface area (Å²) in [5.74, 6) is -0.511. The Kier molecular flexibility index (Phi) is 6.29. The van der Waals surface area contributed by atoms with E-state index < -0.39 is 17.9 Å². The first-order chi connectivity index (χ1) is 18.6. The van der Waals surface area contributed by atoms with Crippen LogP contribution in [0.2, 0.25) is 0 Å². The third-order valence-corrected chi connectivity index (χ3v) is 7.16. The van der Waals surface area contributed by atoms with Crippen LogP contribution in [0.5, 0.6) is 11.5 Å². The van der Waals surface area contributed by atoms with Crippen molar-refractivity contribution < 1.29 is 24.2 Å². The second-order valence-corrected chi connectivity index (χ2v) is 9.57. The standard InChI is InChI=1S/C30H27N3O5/c34-29(28(20-9-3-1-4-10-20)21-11-5-2-6-12-21)33-17-23-24(15-25(33)30(35)36)32(19-31-23)16-22-18-37-26-13-7-8-14-27(26)38-22/h1-14,19,22,25,28H,15-18H2,(H,35,36). The summed E-state index contributed by atoms with van der Waals surface area (Å²) in [7, 11) is 0. The number of carboxylic acid groups (broad SMARTS) is 1. The molecule has 0 bridgehead atoms. The number of imidazole rings is 1. The molecule has 0 saturated heterocycles. The minimum absolute atomic E-state index is 0.124. The monoisotopic (exact) mass is 509 g/mol. The molecule has 1 N–H and O–H groups in total. The van der Waals surface area contributed by atoms with Crippen molar-refractivity contribution in [2.24, 2.45) is 0 Å². The molecule has 6 rings (SSSR count). The summed E-state index contributed by atoms with van der Waals surface area (Å²) < 4.78 is 13.9. The predicted octanol–water partition coefficient (Wildman–Crippen LogP) is 3.89. The van der Waals surface area contributed by atoms with Gasteiger partial charge in [-0.2, -0.15) is 0 Å². The molecule has 0 saturated carbocycles. The number of rotatable bonds is 6. The largest absolute Gasteiger partial charge is 0.486 e. The number of fused-ring (bicyclic) bond motifs is 2. The van der Waals surface area contributed by atoms with E-state index in [-0.39, 0.29) is 25.0 Å². The van der Waals surface area contributed by atoms with Crippen LogP contribution in [0.3, 0.4) is 0 Å². The van der Waals surface area contributed by atoms with Gasteiger partial charge in [0.15, 0.2) is 17.6 Å². The third kappa shape index (κ3) is 4.49. The van der Waals surface area contributed by atoms with Gasteiger partial charge in [0.2, 0.25) is 5.91 Å². The van der Waals surface area contributed by atoms with E-state index in [1.165, 1.54) is 4.90 Å². The fraction of sp³-hybridized carbons (Fsp3) is 0.233. The van der Waals surface area contributed by atoms with E-state index in [2.05, 4.69) is 4.98 Å². The van der Waals surface area contributed by atoms with Gasteiger partial charge in [-0.05, 0) is 23.3 Å². The number of carbonyl (C=O) groups is 2. The number of aromatic nitrogens is 2. The number of carbonyl (C=O) groups excluding carboxylic acids is 1. The zero-order valence-corrected chi connectivity index (χ0v) is 20.6. The Hall–Kier alpha value is -4.59. The molecule has 4 aromatic rings. The average molecular weight is 510 g/mol. The maximum absolute atomic E-state index is 14.1. The van der Waals surface area contributed by atoms with E-state index in [0.29, 0.717) is 30.3 Å². The van der Waals surface area contributed by atoms with Gasteiger partial charge >= 0.3 is 5.97 Å². The van der Waals surface area contributed by atoms with Crippen LogP contribution in [0.1, 0.15) is 28.4 Å². The Bertz CT molecular complexity index is 1410. The van der Waals surface area contributed by atoms with Crippen molar-refractivity contribution >= 4 is 11.9 Å². The van der Waals surface area contributed by atoms with Gasteiger partial charge in [0.25, 0.3) is 0 Å². The van der Waals surface area contributed by atoms with Crippen LogP contribution in [0.4, 0.5) is 0 Å². The molecular formula is C30H27N3O5. The molecule has 1 amide bonds. The van der Waals surface area contributed by atoms with Crippen LogP contribution in [0.15, 0.2) is 91.3 Å². The van der Waals surface area contributed by atoms with Crippen molar-refractivity contribution in [3.63, 3.8) is 0 Å². The van der Waals surface area contributed by atoms with E-state index >= 15 is 0 Å². The minimum Gasteiger partial charge on any atom is -0.486 e. The summed E-state index contributed by atoms with van der Waals surface area (Å²) in [5, 5.41) is 10.2. The maximum atomic E-state index is 14.1. The van der Waals surface area contributed by atoms with E-state index in [9.17, 15) is 14.7 Å². The molecule has 8 heteroatoms. The number of carboxylic acids is 1. The van der Waals surface area contributed by atoms with E-state index in [1.54, 1.807) is 6.33 Å². The first-order valence-corrected chi connectivity index (χ1v) is 12.6. The topological polar surface area (TPSA) is 93.9 Å². The lowest BCUT2D eigenvalue weighted by atomic mass is 9.88. The van der Waals surface area contributed by atoms with E-state index in [4.69, 9.17) is 9.47 Å². The number of ether oxygens (including phenoxy) is 2. The molecule has 1 aromatic heterocycles. The number of benzene rings is 3. The molecule has 192 valence electrons. The van der Waals surface area contributed by atoms with Crippen molar-refractivity contribution in [3.05, 3.63) is 114 Å². The molecule has 2 aliphatic heterocycles. The van der Waals surface area contributed by atoms with Gasteiger partial charge in [0.1, 0.15) is 12.6 Å². The lowest BCUT2D eigenvalue weighted by molar-refractivity contribution is -0.151. The van der Waals surface area contributed by atoms with E-state index in [1.807, 2.05) is 89.5 Å². The van der Waals surface area contributed by atoms with Crippen molar-refractivity contribution in [2.45, 2.75) is 37.6 Å². The normalized spacial score (nSPS) is 18.2. The van der Waals surface area contributed by atoms with Crippen molar-refractivity contribution in [3.8, 4) is 11.5 Å². The molecule has 2 atom stereocenters. The first kappa shape index (κ1) is 23.8. The average Bonchev–Trinajstić information content (AvgIpc) is 3.35. The summed E-state index contributed by atoms with van der Waals surface area (Å²) in [6.45, 7) is 0.972. The van der Waals surface area contributed by atoms with Gasteiger partial charge in [-0.1, -0.05) is 72.8 Å². The van der Waals surface area contributed by atoms with Gasteiger partial charge in [-0.3, -0.25) is 4.79 Å². The molecule has 0 fully saturated rings. The molecule has 3 aromatic carbocycles. The molecule has 8 nitrogen and oxygen atoms in total. The zero-order valence-electron chi connectivity index (χ0n) is 20.6. The van der Waals surface area contributed by atoms with Crippen LogP contribution in [-0.2, 0) is 29.1 Å². The van der Waals surface area contributed by atoms with E-state index in [0.717, 1.165) is 16.8 Å². The lowest BCUT2D eigenvalue weighted by Gasteiger charge is -2.36. The Morgan fingerprint density at radius 2 is 1.55 bits per heavy atom. The lowest BCUT2D eigenvalue weighted by Crippen LogP contribution is -2.50. The highest BCUT2D eigenvalue weighted by Crippen LogP contribution is 2.33. The summed E-state index contributed by atoms with van der Waals surface area (Å²) in [6, 6.07) is 25.5. The molecule has 2 aliphatic rings. The fourth-order valence-electron chi connectivity index (χ4n) is 5.30. The highest BCUT2D eigenvalue weighted by atomic mass is 16.6. The SMILES string of the molecule is O=C(O)C1Cc2c(ncn2CC2COc3ccccc3O2)CN1C(=O)C(c1ccccc1)c1ccccc1. The molecule has 2 unspecified atom stereocenters. The summed E-state index contributed by atoms with van der Waals surface area (Å²) in [5.41, 5.74) is 3.14. The van der Waals surface area contributed by atoms with Gasteiger partial charge < -0.3 is 24.0 Å². The summed E-state index contributed by atoms with van der Waals surface area (Å²) in [6.07, 6.45) is 1.62. The van der Waals surface area contributed by atoms with Gasteiger partial charge in [-0.15, -0.1) is 0 Å². The van der Waals surface area contributed by atoms with Crippen molar-refractivity contribution in [1.29, 1.82) is 0 Å². The number of hydrogen-bond acceptors (Lipinski definition) is 5. The summed E-state index contributed by atoms with van der Waals surface area (Å²) in [4.78, 5) is 32.6. The number of nitrogens with zero attached hydrogens (tertiary/aromatic N) is 3. The van der Waals surface area contributed by atoms with Gasteiger partial charge in [-0.25, -0.2) is 9.78 Å². The van der Waals surface area contributed by atoms with Crippen LogP contribution in [0.25, 0.3) is 0 Å². The van der Waals surface area contributed by atoms with Crippen LogP contribution in [0, 0.1) is 0 Å².